The van der Waals surface area contributed by atoms with Crippen molar-refractivity contribution in [2.75, 3.05) is 4.90 Å². The largest absolute Gasteiger partial charge is 0.421 e. The van der Waals surface area contributed by atoms with Gasteiger partial charge in [-0.25, -0.2) is 0 Å². The van der Waals surface area contributed by atoms with Gasteiger partial charge < -0.3 is 9.64 Å². The highest BCUT2D eigenvalue weighted by Crippen LogP contribution is 2.55. The van der Waals surface area contributed by atoms with E-state index in [1.807, 2.05) is 42.5 Å². The van der Waals surface area contributed by atoms with Gasteiger partial charge in [0, 0.05) is 33.6 Å². The number of nitrogens with zero attached hydrogens (tertiary/aromatic N) is 1. The molecule has 7 aromatic carbocycles. The van der Waals surface area contributed by atoms with Gasteiger partial charge in [0.15, 0.2) is 0 Å². The first-order valence-electron chi connectivity index (χ1n) is 19.3. The van der Waals surface area contributed by atoms with E-state index in [0.717, 1.165) is 53.9 Å². The van der Waals surface area contributed by atoms with Gasteiger partial charge in [0.1, 0.15) is 0 Å². The number of nitrogens with one attached hydrogen (secondary N) is 2. The van der Waals surface area contributed by atoms with Gasteiger partial charge in [-0.1, -0.05) is 130 Å². The fraction of sp³-hybridized carbons (Fsp3) is 0.137. The Kier molecular flexibility index (Phi) is 9.97. The monoisotopic (exact) mass is 715 g/mol. The summed E-state index contributed by atoms with van der Waals surface area (Å²) >= 11 is 0. The lowest BCUT2D eigenvalue weighted by atomic mass is 9.71. The Morgan fingerprint density at radius 2 is 0.836 bits per heavy atom. The van der Waals surface area contributed by atoms with Crippen molar-refractivity contribution in [3.8, 4) is 33.4 Å². The molecular weight excluding hydrogens is 671 g/mol. The highest BCUT2D eigenvalue weighted by molar-refractivity contribution is 6.05. The van der Waals surface area contributed by atoms with E-state index in [4.69, 9.17) is 15.6 Å². The summed E-state index contributed by atoms with van der Waals surface area (Å²) in [5.41, 5.74) is 14.8. The predicted molar refractivity (Wildman–Crippen MR) is 229 cm³/mol. The van der Waals surface area contributed by atoms with Crippen molar-refractivity contribution in [1.82, 2.24) is 0 Å². The Bertz CT molecular complexity index is 2390. The molecule has 0 fully saturated rings. The lowest BCUT2D eigenvalue weighted by Crippen LogP contribution is -2.25. The van der Waals surface area contributed by atoms with Gasteiger partial charge in [0.25, 0.3) is 0 Å². The molecule has 4 heteroatoms. The lowest BCUT2D eigenvalue weighted by molar-refractivity contribution is 0.436. The maximum absolute atomic E-state index is 8.52. The van der Waals surface area contributed by atoms with Gasteiger partial charge in [0.2, 0.25) is 11.8 Å². The molecule has 0 saturated heterocycles. The van der Waals surface area contributed by atoms with Crippen molar-refractivity contribution in [3.63, 3.8) is 0 Å². The molecule has 8 rings (SSSR count). The zero-order chi connectivity index (χ0) is 37.8. The van der Waals surface area contributed by atoms with Crippen LogP contribution in [-0.4, -0.2) is 11.8 Å². The van der Waals surface area contributed by atoms with Crippen LogP contribution in [-0.2, 0) is 10.2 Å². The molecule has 1 aliphatic carbocycles. The highest BCUT2D eigenvalue weighted by Gasteiger charge is 2.42. The van der Waals surface area contributed by atoms with Gasteiger partial charge in [-0.15, -0.1) is 0 Å². The predicted octanol–water partition coefficient (Wildman–Crippen LogP) is 13.7. The van der Waals surface area contributed by atoms with E-state index in [2.05, 4.69) is 152 Å². The van der Waals surface area contributed by atoms with Gasteiger partial charge >= 0.3 is 0 Å². The fourth-order valence-electron chi connectivity index (χ4n) is 8.40. The summed E-state index contributed by atoms with van der Waals surface area (Å²) in [7, 11) is 0. The number of anilines is 3. The van der Waals surface area contributed by atoms with E-state index in [1.165, 1.54) is 33.4 Å². The molecule has 0 saturated carbocycles. The van der Waals surface area contributed by atoms with E-state index >= 15 is 0 Å². The summed E-state index contributed by atoms with van der Waals surface area (Å²) in [4.78, 5) is 2.30. The Balaban J connectivity index is 1.10. The van der Waals surface area contributed by atoms with Crippen LogP contribution in [0.2, 0.25) is 0 Å². The second kappa shape index (κ2) is 15.5. The van der Waals surface area contributed by atoms with Crippen LogP contribution in [0, 0.1) is 10.8 Å². The quantitative estimate of drug-likeness (QED) is 0.103. The molecule has 4 nitrogen and oxygen atoms in total. The van der Waals surface area contributed by atoms with E-state index in [9.17, 15) is 0 Å². The lowest BCUT2D eigenvalue weighted by Gasteiger charge is -2.32. The topological polar surface area (TPSA) is 60.2 Å². The first kappa shape index (κ1) is 35.5. The third kappa shape index (κ3) is 6.88. The Hall–Kier alpha value is -6.52. The van der Waals surface area contributed by atoms with Crippen LogP contribution in [0.5, 0.6) is 0 Å². The van der Waals surface area contributed by atoms with Crippen LogP contribution in [0.3, 0.4) is 0 Å². The molecule has 0 aromatic heterocycles. The molecule has 0 aliphatic heterocycles. The van der Waals surface area contributed by atoms with Gasteiger partial charge in [-0.05, 0) is 130 Å². The third-order valence-corrected chi connectivity index (χ3v) is 10.9. The number of rotatable bonds is 11. The zero-order valence-corrected chi connectivity index (χ0v) is 31.4. The Morgan fingerprint density at radius 1 is 0.455 bits per heavy atom. The number of hydrogen-bond acceptors (Lipinski definition) is 4. The number of fused-ring (bicyclic) bond motifs is 3. The third-order valence-electron chi connectivity index (χ3n) is 10.9. The van der Waals surface area contributed by atoms with Crippen molar-refractivity contribution in [2.45, 2.75) is 44.9 Å². The highest BCUT2D eigenvalue weighted by atomic mass is 16.5. The average molecular weight is 716 g/mol. The van der Waals surface area contributed by atoms with Crippen LogP contribution >= 0.6 is 0 Å². The smallest absolute Gasteiger partial charge is 0.221 e. The number of ether oxygens (including phenoxy) is 1. The summed E-state index contributed by atoms with van der Waals surface area (Å²) in [5.74, 6) is -0.0705. The van der Waals surface area contributed by atoms with Crippen molar-refractivity contribution in [3.05, 3.63) is 198 Å². The molecule has 2 N–H and O–H groups in total. The zero-order valence-electron chi connectivity index (χ0n) is 31.4. The van der Waals surface area contributed by atoms with E-state index in [1.54, 1.807) is 0 Å². The molecule has 1 aliphatic rings. The maximum atomic E-state index is 8.52. The number of para-hydroxylation sites is 2. The first-order valence-corrected chi connectivity index (χ1v) is 19.3. The summed E-state index contributed by atoms with van der Waals surface area (Å²) in [6.07, 6.45) is 4.34. The Labute approximate surface area is 324 Å². The normalized spacial score (nSPS) is 12.4. The minimum absolute atomic E-state index is 0.0333. The number of hydrogen-bond donors (Lipinski definition) is 2. The molecule has 0 unspecified atom stereocenters. The second-order valence-electron chi connectivity index (χ2n) is 14.4. The summed E-state index contributed by atoms with van der Waals surface area (Å²) in [6, 6.07) is 61.4. The Morgan fingerprint density at radius 3 is 1.29 bits per heavy atom. The molecule has 0 heterocycles. The summed E-state index contributed by atoms with van der Waals surface area (Å²) < 4.78 is 5.60. The van der Waals surface area contributed by atoms with Crippen LogP contribution in [0.4, 0.5) is 17.1 Å². The van der Waals surface area contributed by atoms with Crippen molar-refractivity contribution < 1.29 is 4.74 Å². The van der Waals surface area contributed by atoms with E-state index in [-0.39, 0.29) is 17.2 Å². The van der Waals surface area contributed by atoms with E-state index < -0.39 is 0 Å². The van der Waals surface area contributed by atoms with Gasteiger partial charge in [-0.2, -0.15) is 0 Å². The fourth-order valence-corrected chi connectivity index (χ4v) is 8.40. The first-order chi connectivity index (χ1) is 27.0. The minimum atomic E-state index is -0.0781. The van der Waals surface area contributed by atoms with Gasteiger partial charge in [0.05, 0.1) is 0 Å². The molecular formula is C51H45N3O. The summed E-state index contributed by atoms with van der Waals surface area (Å²) in [6.45, 7) is 4.61. The summed E-state index contributed by atoms with van der Waals surface area (Å²) in [5, 5.41) is 16.8. The molecule has 0 atom stereocenters. The molecule has 0 radical (unpaired) electrons. The van der Waals surface area contributed by atoms with Crippen LogP contribution < -0.4 is 4.90 Å². The number of benzene rings is 7. The average Bonchev–Trinajstić information content (AvgIpc) is 3.50. The molecule has 270 valence electrons. The van der Waals surface area contributed by atoms with Crippen molar-refractivity contribution in [2.24, 2.45) is 0 Å². The molecule has 0 spiro atoms. The molecule has 55 heavy (non-hydrogen) atoms. The minimum Gasteiger partial charge on any atom is -0.421 e. The van der Waals surface area contributed by atoms with E-state index in [0.29, 0.717) is 11.1 Å². The molecule has 7 aromatic rings. The van der Waals surface area contributed by atoms with Crippen molar-refractivity contribution in [1.29, 1.82) is 10.8 Å². The molecule has 0 amide bonds. The maximum Gasteiger partial charge on any atom is 0.221 e. The van der Waals surface area contributed by atoms with Crippen LogP contribution in [0.25, 0.3) is 33.4 Å². The van der Waals surface area contributed by atoms with Crippen LogP contribution in [0.15, 0.2) is 176 Å². The SMILES string of the molecule is CCCC1(CCC)c2cc(-c3ccc(C(=N)OC(=N)c4ccccc4)cc3)ccc2-c2ccc(-c3ccc(N(c4ccccc4)c4ccccc4)cc3)cc21. The standard InChI is InChI=1S/C51H45N3O/c1-3-32-51(33-4-2)47-34-40(36-20-22-39(23-21-36)50(53)55-49(52)38-14-8-5-9-15-38)26-30-45(47)46-31-27-41(35-48(46)51)37-24-28-44(29-25-37)54(42-16-10-6-11-17-42)43-18-12-7-13-19-43/h5-31,34-35,52-53H,3-4,32-33H2,1-2H3. The van der Waals surface area contributed by atoms with Gasteiger partial charge in [-0.3, -0.25) is 10.8 Å². The van der Waals surface area contributed by atoms with Crippen molar-refractivity contribution >= 4 is 28.9 Å². The van der Waals surface area contributed by atoms with Crippen LogP contribution in [0.1, 0.15) is 61.8 Å². The second-order valence-corrected chi connectivity index (χ2v) is 14.4. The molecule has 0 bridgehead atoms.